The van der Waals surface area contributed by atoms with Gasteiger partial charge in [0.1, 0.15) is 17.7 Å². The van der Waals surface area contributed by atoms with Crippen LogP contribution in [0.15, 0.2) is 42.6 Å². The molecule has 1 aromatic heterocycles. The molecule has 2 N–H and O–H groups in total. The Balaban J connectivity index is 1.57. The lowest BCUT2D eigenvalue weighted by atomic mass is 10.1. The zero-order chi connectivity index (χ0) is 14.7. The van der Waals surface area contributed by atoms with Crippen molar-refractivity contribution in [3.63, 3.8) is 0 Å². The minimum absolute atomic E-state index is 0.00282. The number of amides is 1. The van der Waals surface area contributed by atoms with Crippen LogP contribution in [0.4, 0.5) is 5.82 Å². The molecule has 5 heteroatoms. The van der Waals surface area contributed by atoms with E-state index in [4.69, 9.17) is 4.74 Å². The van der Waals surface area contributed by atoms with Gasteiger partial charge in [-0.1, -0.05) is 18.2 Å². The molecule has 1 aliphatic rings. The summed E-state index contributed by atoms with van der Waals surface area (Å²) in [5, 5.41) is 5.82. The first-order chi connectivity index (χ1) is 10.3. The van der Waals surface area contributed by atoms with E-state index in [1.807, 2.05) is 18.2 Å². The van der Waals surface area contributed by atoms with E-state index in [1.54, 1.807) is 25.4 Å². The Morgan fingerprint density at radius 1 is 1.38 bits per heavy atom. The van der Waals surface area contributed by atoms with Gasteiger partial charge in [0.2, 0.25) is 0 Å². The smallest absolute Gasteiger partial charge is 0.251 e. The maximum atomic E-state index is 12.1. The predicted molar refractivity (Wildman–Crippen MR) is 80.7 cm³/mol. The monoisotopic (exact) mass is 283 g/mol. The highest BCUT2D eigenvalue weighted by atomic mass is 16.5. The number of rotatable bonds is 4. The van der Waals surface area contributed by atoms with Crippen molar-refractivity contribution in [3.05, 3.63) is 53.7 Å². The van der Waals surface area contributed by atoms with Crippen LogP contribution in [0.2, 0.25) is 0 Å². The third-order valence-corrected chi connectivity index (χ3v) is 3.48. The van der Waals surface area contributed by atoms with E-state index in [2.05, 4.69) is 21.7 Å². The van der Waals surface area contributed by atoms with Gasteiger partial charge in [-0.25, -0.2) is 4.98 Å². The van der Waals surface area contributed by atoms with Crippen molar-refractivity contribution in [2.24, 2.45) is 0 Å². The van der Waals surface area contributed by atoms with Gasteiger partial charge in [-0.3, -0.25) is 4.79 Å². The number of hydrogen-bond donors (Lipinski definition) is 2. The van der Waals surface area contributed by atoms with E-state index < -0.39 is 0 Å². The standard InChI is InChI=1S/C16H17N3O2/c1-17-15-9-12(6-7-18-15)16(20)19-10-13-8-11-4-2-3-5-14(11)21-13/h2-7,9,13H,8,10H2,1H3,(H,17,18)(H,19,20). The van der Waals surface area contributed by atoms with Gasteiger partial charge in [-0.05, 0) is 23.8 Å². The van der Waals surface area contributed by atoms with Crippen molar-refractivity contribution >= 4 is 11.7 Å². The number of para-hydroxylation sites is 1. The fourth-order valence-corrected chi connectivity index (χ4v) is 2.38. The molecule has 0 saturated heterocycles. The number of carbonyl (C=O) groups excluding carboxylic acids is 1. The van der Waals surface area contributed by atoms with Crippen LogP contribution in [0.3, 0.4) is 0 Å². The molecular formula is C16H17N3O2. The van der Waals surface area contributed by atoms with Gasteiger partial charge < -0.3 is 15.4 Å². The summed E-state index contributed by atoms with van der Waals surface area (Å²) in [6.45, 7) is 0.491. The van der Waals surface area contributed by atoms with Crippen LogP contribution in [0.5, 0.6) is 5.75 Å². The Hall–Kier alpha value is -2.56. The molecule has 1 aromatic carbocycles. The highest BCUT2D eigenvalue weighted by Gasteiger charge is 2.22. The Labute approximate surface area is 123 Å². The molecular weight excluding hydrogens is 266 g/mol. The zero-order valence-electron chi connectivity index (χ0n) is 11.8. The Morgan fingerprint density at radius 2 is 2.24 bits per heavy atom. The summed E-state index contributed by atoms with van der Waals surface area (Å²) in [6, 6.07) is 11.4. The first kappa shape index (κ1) is 13.4. The number of pyridine rings is 1. The molecule has 1 atom stereocenters. The van der Waals surface area contributed by atoms with Gasteiger partial charge in [0.05, 0.1) is 6.54 Å². The van der Waals surface area contributed by atoms with E-state index in [-0.39, 0.29) is 12.0 Å². The largest absolute Gasteiger partial charge is 0.488 e. The van der Waals surface area contributed by atoms with Crippen LogP contribution >= 0.6 is 0 Å². The number of nitrogens with zero attached hydrogens (tertiary/aromatic N) is 1. The second-order valence-corrected chi connectivity index (χ2v) is 4.94. The van der Waals surface area contributed by atoms with Gasteiger partial charge in [-0.15, -0.1) is 0 Å². The lowest BCUT2D eigenvalue weighted by molar-refractivity contribution is 0.0933. The molecule has 0 bridgehead atoms. The van der Waals surface area contributed by atoms with Gasteiger partial charge in [-0.2, -0.15) is 0 Å². The average Bonchev–Trinajstić information content (AvgIpc) is 2.95. The molecule has 3 rings (SSSR count). The van der Waals surface area contributed by atoms with Gasteiger partial charge in [0.25, 0.3) is 5.91 Å². The summed E-state index contributed by atoms with van der Waals surface area (Å²) in [7, 11) is 1.77. The summed E-state index contributed by atoms with van der Waals surface area (Å²) in [5.41, 5.74) is 1.78. The fourth-order valence-electron chi connectivity index (χ4n) is 2.38. The third kappa shape index (κ3) is 2.97. The summed E-state index contributed by atoms with van der Waals surface area (Å²) in [6.07, 6.45) is 2.44. The van der Waals surface area contributed by atoms with Gasteiger partial charge >= 0.3 is 0 Å². The number of nitrogens with one attached hydrogen (secondary N) is 2. The van der Waals surface area contributed by atoms with Crippen molar-refractivity contribution in [2.45, 2.75) is 12.5 Å². The quantitative estimate of drug-likeness (QED) is 0.899. The number of aromatic nitrogens is 1. The van der Waals surface area contributed by atoms with Crippen LogP contribution in [-0.2, 0) is 6.42 Å². The molecule has 0 saturated carbocycles. The molecule has 1 aliphatic heterocycles. The first-order valence-electron chi connectivity index (χ1n) is 6.93. The maximum Gasteiger partial charge on any atom is 0.251 e. The van der Waals surface area contributed by atoms with Gasteiger partial charge in [0, 0.05) is 25.2 Å². The van der Waals surface area contributed by atoms with Crippen LogP contribution in [0.25, 0.3) is 0 Å². The number of carbonyl (C=O) groups is 1. The Kier molecular flexibility index (Phi) is 3.73. The molecule has 0 radical (unpaired) electrons. The van der Waals surface area contributed by atoms with E-state index in [1.165, 1.54) is 5.56 Å². The number of benzene rings is 1. The maximum absolute atomic E-state index is 12.1. The molecule has 0 fully saturated rings. The SMILES string of the molecule is CNc1cc(C(=O)NCC2Cc3ccccc3O2)ccn1. The molecule has 2 heterocycles. The van der Waals surface area contributed by atoms with Crippen molar-refractivity contribution < 1.29 is 9.53 Å². The summed E-state index contributed by atoms with van der Waals surface area (Å²) >= 11 is 0. The number of fused-ring (bicyclic) bond motifs is 1. The summed E-state index contributed by atoms with van der Waals surface area (Å²) < 4.78 is 5.80. The summed E-state index contributed by atoms with van der Waals surface area (Å²) in [4.78, 5) is 16.2. The van der Waals surface area contributed by atoms with Crippen molar-refractivity contribution in [3.8, 4) is 5.75 Å². The fraction of sp³-hybridized carbons (Fsp3) is 0.250. The highest BCUT2D eigenvalue weighted by molar-refractivity contribution is 5.94. The second-order valence-electron chi connectivity index (χ2n) is 4.94. The van der Waals surface area contributed by atoms with Crippen LogP contribution < -0.4 is 15.4 Å². The van der Waals surface area contributed by atoms with Crippen molar-refractivity contribution in [1.82, 2.24) is 10.3 Å². The van der Waals surface area contributed by atoms with E-state index in [0.29, 0.717) is 17.9 Å². The van der Waals surface area contributed by atoms with Crippen molar-refractivity contribution in [2.75, 3.05) is 18.9 Å². The zero-order valence-corrected chi connectivity index (χ0v) is 11.8. The van der Waals surface area contributed by atoms with E-state index in [0.717, 1.165) is 12.2 Å². The first-order valence-corrected chi connectivity index (χ1v) is 6.93. The second kappa shape index (κ2) is 5.83. The lowest BCUT2D eigenvalue weighted by Crippen LogP contribution is -2.34. The molecule has 2 aromatic rings. The topological polar surface area (TPSA) is 63.2 Å². The highest BCUT2D eigenvalue weighted by Crippen LogP contribution is 2.27. The average molecular weight is 283 g/mol. The van der Waals surface area contributed by atoms with E-state index >= 15 is 0 Å². The molecule has 21 heavy (non-hydrogen) atoms. The normalized spacial score (nSPS) is 16.0. The molecule has 0 aliphatic carbocycles. The van der Waals surface area contributed by atoms with E-state index in [9.17, 15) is 4.79 Å². The van der Waals surface area contributed by atoms with Crippen LogP contribution in [-0.4, -0.2) is 30.6 Å². The minimum Gasteiger partial charge on any atom is -0.488 e. The van der Waals surface area contributed by atoms with Crippen LogP contribution in [0.1, 0.15) is 15.9 Å². The Bertz CT molecular complexity index is 632. The minimum atomic E-state index is -0.117. The molecule has 1 unspecified atom stereocenters. The van der Waals surface area contributed by atoms with Crippen LogP contribution in [0, 0.1) is 0 Å². The van der Waals surface area contributed by atoms with Gasteiger partial charge in [0.15, 0.2) is 0 Å². The third-order valence-electron chi connectivity index (χ3n) is 3.48. The molecule has 5 nitrogen and oxygen atoms in total. The molecule has 0 spiro atoms. The number of anilines is 1. The molecule has 1 amide bonds. The molecule has 108 valence electrons. The predicted octanol–water partition coefficient (Wildman–Crippen LogP) is 1.86. The van der Waals surface area contributed by atoms with Crippen molar-refractivity contribution in [1.29, 1.82) is 0 Å². The summed E-state index contributed by atoms with van der Waals surface area (Å²) in [5.74, 6) is 1.47. The number of ether oxygens (including phenoxy) is 1. The number of hydrogen-bond acceptors (Lipinski definition) is 4. The Morgan fingerprint density at radius 3 is 3.05 bits per heavy atom. The lowest BCUT2D eigenvalue weighted by Gasteiger charge is -2.12.